The molecule has 0 saturated heterocycles. The van der Waals surface area contributed by atoms with Crippen molar-refractivity contribution >= 4 is 34.6 Å². The average molecular weight is 290 g/mol. The Morgan fingerprint density at radius 1 is 1.00 bits per heavy atom. The summed E-state index contributed by atoms with van der Waals surface area (Å²) < 4.78 is 9.39. The highest BCUT2D eigenvalue weighted by Gasteiger charge is 2.39. The molecule has 0 N–H and O–H groups in total. The fraction of sp³-hybridized carbons (Fsp3) is 0.667. The van der Waals surface area contributed by atoms with Gasteiger partial charge in [0.25, 0.3) is 0 Å². The first-order valence-electron chi connectivity index (χ1n) is 5.89. The number of hydrogen-bond donors (Lipinski definition) is 0. The van der Waals surface area contributed by atoms with E-state index in [9.17, 15) is 19.2 Å². The normalized spacial score (nSPS) is 11.8. The van der Waals surface area contributed by atoms with E-state index in [1.54, 1.807) is 13.8 Å². The lowest BCUT2D eigenvalue weighted by Gasteiger charge is -2.16. The third kappa shape index (κ3) is 5.87. The van der Waals surface area contributed by atoms with Gasteiger partial charge >= 0.3 is 11.9 Å². The summed E-state index contributed by atoms with van der Waals surface area (Å²) in [6.45, 7) is 6.00. The molecular formula is C12H18O6S. The van der Waals surface area contributed by atoms with Gasteiger partial charge in [-0.15, -0.1) is 0 Å². The van der Waals surface area contributed by atoms with Crippen LogP contribution in [0.4, 0.5) is 0 Å². The molecule has 0 aromatic rings. The molecule has 6 nitrogen and oxygen atoms in total. The zero-order valence-electron chi connectivity index (χ0n) is 11.4. The molecule has 0 heterocycles. The van der Waals surface area contributed by atoms with Crippen molar-refractivity contribution in [1.29, 1.82) is 0 Å². The van der Waals surface area contributed by atoms with Gasteiger partial charge in [-0.1, -0.05) is 11.8 Å². The van der Waals surface area contributed by atoms with Crippen molar-refractivity contribution in [2.75, 3.05) is 13.2 Å². The maximum absolute atomic E-state index is 12.0. The number of Topliss-reactive ketones (excluding diaryl/α,β-unsaturated/α-hetero) is 1. The first-order chi connectivity index (χ1) is 8.84. The summed E-state index contributed by atoms with van der Waals surface area (Å²) in [5.41, 5.74) is 0. The fourth-order valence-corrected chi connectivity index (χ4v) is 2.07. The number of ether oxygens (including phenoxy) is 2. The zero-order chi connectivity index (χ0) is 15.0. The van der Waals surface area contributed by atoms with Crippen LogP contribution in [-0.2, 0) is 28.7 Å². The number of esters is 2. The van der Waals surface area contributed by atoms with E-state index >= 15 is 0 Å². The molecular weight excluding hydrogens is 272 g/mol. The quantitative estimate of drug-likeness (QED) is 0.510. The Labute approximate surface area is 116 Å². The third-order valence-corrected chi connectivity index (χ3v) is 2.99. The van der Waals surface area contributed by atoms with Gasteiger partial charge < -0.3 is 9.47 Å². The maximum Gasteiger partial charge on any atom is 0.328 e. The topological polar surface area (TPSA) is 86.7 Å². The maximum atomic E-state index is 12.0. The minimum Gasteiger partial charge on any atom is -0.465 e. The van der Waals surface area contributed by atoms with E-state index in [0.29, 0.717) is 0 Å². The lowest BCUT2D eigenvalue weighted by atomic mass is 10.0. The molecule has 0 aromatic carbocycles. The van der Waals surface area contributed by atoms with Crippen LogP contribution in [0.2, 0.25) is 0 Å². The molecule has 0 aromatic heterocycles. The molecule has 0 fully saturated rings. The molecule has 0 rings (SSSR count). The third-order valence-electron chi connectivity index (χ3n) is 2.07. The van der Waals surface area contributed by atoms with E-state index in [1.165, 1.54) is 13.8 Å². The molecule has 0 aliphatic rings. The largest absolute Gasteiger partial charge is 0.465 e. The Morgan fingerprint density at radius 2 is 1.42 bits per heavy atom. The van der Waals surface area contributed by atoms with Crippen molar-refractivity contribution < 1.29 is 28.7 Å². The lowest BCUT2D eigenvalue weighted by molar-refractivity contribution is -0.164. The summed E-state index contributed by atoms with van der Waals surface area (Å²) in [4.78, 5) is 46.3. The Balaban J connectivity index is 5.01. The first-order valence-corrected chi connectivity index (χ1v) is 6.77. The molecule has 0 aliphatic heterocycles. The van der Waals surface area contributed by atoms with Crippen molar-refractivity contribution in [2.24, 2.45) is 5.92 Å². The van der Waals surface area contributed by atoms with Crippen molar-refractivity contribution in [3.63, 3.8) is 0 Å². The minimum absolute atomic E-state index is 0.0518. The van der Waals surface area contributed by atoms with Gasteiger partial charge in [0.2, 0.25) is 5.92 Å². The van der Waals surface area contributed by atoms with E-state index in [2.05, 4.69) is 0 Å². The van der Waals surface area contributed by atoms with Gasteiger partial charge in [0.15, 0.2) is 10.9 Å². The summed E-state index contributed by atoms with van der Waals surface area (Å²) in [7, 11) is 0. The monoisotopic (exact) mass is 290 g/mol. The van der Waals surface area contributed by atoms with Crippen LogP contribution < -0.4 is 0 Å². The van der Waals surface area contributed by atoms with Crippen LogP contribution in [0.15, 0.2) is 0 Å². The van der Waals surface area contributed by atoms with Crippen molar-refractivity contribution in [3.05, 3.63) is 0 Å². The van der Waals surface area contributed by atoms with Gasteiger partial charge in [-0.05, 0) is 20.8 Å². The number of hydrogen-bond acceptors (Lipinski definition) is 7. The molecule has 0 bridgehead atoms. The van der Waals surface area contributed by atoms with Crippen molar-refractivity contribution in [1.82, 2.24) is 0 Å². The van der Waals surface area contributed by atoms with E-state index in [-0.39, 0.29) is 18.3 Å². The minimum atomic E-state index is -1.62. The van der Waals surface area contributed by atoms with Gasteiger partial charge in [-0.3, -0.25) is 19.2 Å². The van der Waals surface area contributed by atoms with Gasteiger partial charge in [0, 0.05) is 6.92 Å². The smallest absolute Gasteiger partial charge is 0.328 e. The van der Waals surface area contributed by atoms with Gasteiger partial charge in [0.1, 0.15) is 0 Å². The van der Waals surface area contributed by atoms with E-state index in [4.69, 9.17) is 9.47 Å². The van der Waals surface area contributed by atoms with Crippen molar-refractivity contribution in [2.45, 2.75) is 32.9 Å². The van der Waals surface area contributed by atoms with Crippen LogP contribution in [0.25, 0.3) is 0 Å². The van der Waals surface area contributed by atoms with Gasteiger partial charge in [-0.25, -0.2) is 0 Å². The Morgan fingerprint density at radius 3 is 1.74 bits per heavy atom. The van der Waals surface area contributed by atoms with Crippen LogP contribution in [0.1, 0.15) is 27.7 Å². The van der Waals surface area contributed by atoms with E-state index < -0.39 is 28.9 Å². The molecule has 0 amide bonds. The second kappa shape index (κ2) is 8.68. The molecule has 19 heavy (non-hydrogen) atoms. The predicted octanol–water partition coefficient (Wildman–Crippen LogP) is 0.966. The summed E-state index contributed by atoms with van der Waals surface area (Å²) in [6, 6.07) is 0. The number of thioether (sulfide) groups is 1. The zero-order valence-corrected chi connectivity index (χ0v) is 12.2. The number of carbonyl (C=O) groups is 4. The van der Waals surface area contributed by atoms with Crippen molar-refractivity contribution in [3.8, 4) is 0 Å². The Bertz CT molecular complexity index is 347. The highest BCUT2D eigenvalue weighted by atomic mass is 32.2. The van der Waals surface area contributed by atoms with Gasteiger partial charge in [-0.2, -0.15) is 0 Å². The van der Waals surface area contributed by atoms with E-state index in [1.807, 2.05) is 0 Å². The summed E-state index contributed by atoms with van der Waals surface area (Å²) in [5, 5.41) is -1.08. The lowest BCUT2D eigenvalue weighted by Crippen LogP contribution is -2.39. The number of ketones is 1. The van der Waals surface area contributed by atoms with Crippen LogP contribution in [0.3, 0.4) is 0 Å². The van der Waals surface area contributed by atoms with Crippen LogP contribution in [-0.4, -0.2) is 41.3 Å². The Hall–Kier alpha value is -1.37. The molecule has 7 heteroatoms. The molecule has 1 atom stereocenters. The first kappa shape index (κ1) is 17.6. The summed E-state index contributed by atoms with van der Waals surface area (Å²) >= 11 is 0.758. The van der Waals surface area contributed by atoms with Crippen LogP contribution in [0, 0.1) is 5.92 Å². The summed E-state index contributed by atoms with van der Waals surface area (Å²) in [6.07, 6.45) is 0. The van der Waals surface area contributed by atoms with E-state index in [0.717, 1.165) is 11.8 Å². The molecule has 0 radical (unpaired) electrons. The number of rotatable bonds is 7. The molecule has 0 saturated carbocycles. The number of carbonyl (C=O) groups excluding carboxylic acids is 4. The van der Waals surface area contributed by atoms with Gasteiger partial charge in [0.05, 0.1) is 18.5 Å². The highest BCUT2D eigenvalue weighted by Crippen LogP contribution is 2.18. The molecule has 108 valence electrons. The average Bonchev–Trinajstić information content (AvgIpc) is 2.28. The summed E-state index contributed by atoms with van der Waals surface area (Å²) in [5.74, 6) is -4.19. The molecule has 0 spiro atoms. The molecule has 1 unspecified atom stereocenters. The standard InChI is InChI=1S/C12H18O6S/c1-5-17-11(15)9(12(16)18-6-2)10(14)7(3)19-8(4)13/h7,9H,5-6H2,1-4H3. The second-order valence-electron chi connectivity index (χ2n) is 3.59. The Kier molecular flexibility index (Phi) is 8.06. The molecule has 0 aliphatic carbocycles. The second-order valence-corrected chi connectivity index (χ2v) is 5.11. The van der Waals surface area contributed by atoms with Crippen LogP contribution >= 0.6 is 11.8 Å². The predicted molar refractivity (Wildman–Crippen MR) is 69.5 cm³/mol. The highest BCUT2D eigenvalue weighted by molar-refractivity contribution is 8.14. The SMILES string of the molecule is CCOC(=O)C(C(=O)OCC)C(=O)C(C)SC(C)=O. The van der Waals surface area contributed by atoms with Crippen LogP contribution in [0.5, 0.6) is 0 Å². The fourth-order valence-electron chi connectivity index (χ4n) is 1.32.